The predicted molar refractivity (Wildman–Crippen MR) is 85.4 cm³/mol. The van der Waals surface area contributed by atoms with Gasteiger partial charge >= 0.3 is 6.18 Å². The number of nitrogens with zero attached hydrogens (tertiary/aromatic N) is 3. The molecule has 0 aromatic heterocycles. The van der Waals surface area contributed by atoms with Crippen molar-refractivity contribution in [2.75, 3.05) is 13.7 Å². The molecule has 0 fully saturated rings. The van der Waals surface area contributed by atoms with Crippen molar-refractivity contribution in [3.8, 4) is 5.75 Å². The maximum atomic E-state index is 13.6. The molecule has 2 heterocycles. The summed E-state index contributed by atoms with van der Waals surface area (Å²) in [6.07, 6.45) is -1.02. The molecule has 0 saturated heterocycles. The Morgan fingerprint density at radius 3 is 2.64 bits per heavy atom. The molecule has 1 aromatic carbocycles. The largest absolute Gasteiger partial charge is 0.494 e. The fraction of sp³-hybridized carbons (Fsp3) is 0.353. The molecule has 8 heteroatoms. The molecule has 0 spiro atoms. The number of benzene rings is 1. The van der Waals surface area contributed by atoms with Gasteiger partial charge in [0.1, 0.15) is 11.9 Å². The van der Waals surface area contributed by atoms with Crippen LogP contribution >= 0.6 is 0 Å². The van der Waals surface area contributed by atoms with Crippen LogP contribution in [0.5, 0.6) is 5.75 Å². The number of hydrogen-bond acceptors (Lipinski definition) is 4. The van der Waals surface area contributed by atoms with Crippen LogP contribution < -0.4 is 4.74 Å². The Labute approximate surface area is 142 Å². The van der Waals surface area contributed by atoms with Crippen LogP contribution in [0.2, 0.25) is 0 Å². The maximum Gasteiger partial charge on any atom is 0.405 e. The summed E-state index contributed by atoms with van der Waals surface area (Å²) < 4.78 is 57.7. The van der Waals surface area contributed by atoms with Crippen LogP contribution in [-0.4, -0.2) is 41.6 Å². The minimum atomic E-state index is -4.34. The van der Waals surface area contributed by atoms with Gasteiger partial charge in [-0.15, -0.1) is 0 Å². The first-order valence-corrected chi connectivity index (χ1v) is 7.67. The zero-order valence-corrected chi connectivity index (χ0v) is 13.9. The van der Waals surface area contributed by atoms with Gasteiger partial charge in [-0.1, -0.05) is 0 Å². The molecule has 1 unspecified atom stereocenters. The summed E-state index contributed by atoms with van der Waals surface area (Å²) in [7, 11) is 1.36. The van der Waals surface area contributed by atoms with Crippen molar-refractivity contribution < 1.29 is 22.3 Å². The number of hydrogen-bond donors (Lipinski definition) is 0. The number of allylic oxidation sites excluding steroid dienone is 2. The van der Waals surface area contributed by atoms with E-state index in [2.05, 4.69) is 4.99 Å². The summed E-state index contributed by atoms with van der Waals surface area (Å²) in [5.41, 5.74) is 1.77. The molecule has 3 rings (SSSR count). The zero-order valence-electron chi connectivity index (χ0n) is 13.9. The highest BCUT2D eigenvalue weighted by Crippen LogP contribution is 2.35. The van der Waals surface area contributed by atoms with Gasteiger partial charge in [-0.2, -0.15) is 18.2 Å². The smallest absolute Gasteiger partial charge is 0.405 e. The Kier molecular flexibility index (Phi) is 4.32. The number of alkyl halides is 3. The third kappa shape index (κ3) is 3.13. The maximum absolute atomic E-state index is 13.6. The highest BCUT2D eigenvalue weighted by atomic mass is 19.4. The van der Waals surface area contributed by atoms with E-state index >= 15 is 0 Å². The first kappa shape index (κ1) is 17.5. The molecule has 2 aliphatic rings. The minimum Gasteiger partial charge on any atom is -0.494 e. The van der Waals surface area contributed by atoms with Crippen LogP contribution in [0.15, 0.2) is 46.9 Å². The average Bonchev–Trinajstić information content (AvgIpc) is 2.98. The highest BCUT2D eigenvalue weighted by Gasteiger charge is 2.45. The second-order valence-electron chi connectivity index (χ2n) is 5.85. The first-order valence-electron chi connectivity index (χ1n) is 7.67. The summed E-state index contributed by atoms with van der Waals surface area (Å²) in [6.45, 7) is 2.95. The van der Waals surface area contributed by atoms with Crippen molar-refractivity contribution in [2.24, 2.45) is 4.99 Å². The molecule has 134 valence electrons. The summed E-state index contributed by atoms with van der Waals surface area (Å²) in [6, 6.07) is 2.71. The quantitative estimate of drug-likeness (QED) is 0.771. The van der Waals surface area contributed by atoms with Crippen LogP contribution in [0.25, 0.3) is 0 Å². The van der Waals surface area contributed by atoms with E-state index in [-0.39, 0.29) is 12.3 Å². The summed E-state index contributed by atoms with van der Waals surface area (Å²) in [5, 5.41) is 2.68. The molecule has 2 aliphatic heterocycles. The number of methoxy groups -OCH3 is 1. The van der Waals surface area contributed by atoms with Crippen molar-refractivity contribution in [1.29, 1.82) is 0 Å². The molecule has 0 saturated carbocycles. The molecule has 0 N–H and O–H groups in total. The lowest BCUT2D eigenvalue weighted by Crippen LogP contribution is -2.49. The van der Waals surface area contributed by atoms with E-state index in [9.17, 15) is 17.6 Å². The first-order chi connectivity index (χ1) is 11.7. The van der Waals surface area contributed by atoms with E-state index in [1.54, 1.807) is 25.1 Å². The third-order valence-electron chi connectivity index (χ3n) is 4.22. The second kappa shape index (κ2) is 6.18. The molecular weight excluding hydrogens is 338 g/mol. The summed E-state index contributed by atoms with van der Waals surface area (Å²) in [5.74, 6) is 0.0195. The second-order valence-corrected chi connectivity index (χ2v) is 5.85. The highest BCUT2D eigenvalue weighted by molar-refractivity contribution is 6.10. The molecule has 0 bridgehead atoms. The molecule has 0 amide bonds. The fourth-order valence-corrected chi connectivity index (χ4v) is 2.83. The number of hydrazine groups is 1. The van der Waals surface area contributed by atoms with Gasteiger partial charge in [-0.3, -0.25) is 5.01 Å². The Morgan fingerprint density at radius 1 is 1.28 bits per heavy atom. The van der Waals surface area contributed by atoms with E-state index < -0.39 is 18.0 Å². The van der Waals surface area contributed by atoms with Gasteiger partial charge in [0.25, 0.3) is 0 Å². The van der Waals surface area contributed by atoms with Crippen LogP contribution in [0, 0.1) is 5.82 Å². The van der Waals surface area contributed by atoms with Crippen molar-refractivity contribution in [2.45, 2.75) is 26.1 Å². The van der Waals surface area contributed by atoms with Gasteiger partial charge in [0.2, 0.25) is 0 Å². The third-order valence-corrected chi connectivity index (χ3v) is 4.22. The van der Waals surface area contributed by atoms with E-state index in [4.69, 9.17) is 4.74 Å². The van der Waals surface area contributed by atoms with Crippen LogP contribution in [0.3, 0.4) is 0 Å². The average molecular weight is 355 g/mol. The van der Waals surface area contributed by atoms with Crippen LogP contribution in [-0.2, 0) is 0 Å². The van der Waals surface area contributed by atoms with E-state index in [0.717, 1.165) is 6.92 Å². The number of halogens is 4. The number of aliphatic imine (C=N–C) groups is 1. The van der Waals surface area contributed by atoms with Crippen molar-refractivity contribution in [3.63, 3.8) is 0 Å². The standard InChI is InChI=1S/C17H17F4N3O/c1-10-8-14(12-4-5-13(18)15(9-12)25-3)22-16-6-7-23(24(10)16)11(2)17(19,20)21/h4-6,8-9,11H,7H2,1-3H3. The molecule has 0 radical (unpaired) electrons. The zero-order chi connectivity index (χ0) is 18.4. The van der Waals surface area contributed by atoms with Gasteiger partial charge in [0, 0.05) is 17.8 Å². The summed E-state index contributed by atoms with van der Waals surface area (Å²) in [4.78, 5) is 4.42. The topological polar surface area (TPSA) is 28.1 Å². The lowest BCUT2D eigenvalue weighted by Gasteiger charge is -2.38. The Balaban J connectivity index is 1.92. The van der Waals surface area contributed by atoms with Gasteiger partial charge in [0.15, 0.2) is 11.6 Å². The van der Waals surface area contributed by atoms with Gasteiger partial charge in [0.05, 0.1) is 12.8 Å². The number of ether oxygens (including phenoxy) is 1. The lowest BCUT2D eigenvalue weighted by atomic mass is 10.1. The Bertz CT molecular complexity index is 783. The fourth-order valence-electron chi connectivity index (χ4n) is 2.83. The van der Waals surface area contributed by atoms with Crippen molar-refractivity contribution in [1.82, 2.24) is 10.0 Å². The number of fused-ring (bicyclic) bond motifs is 1. The van der Waals surface area contributed by atoms with Crippen LogP contribution in [0.4, 0.5) is 17.6 Å². The molecular formula is C17H17F4N3O. The van der Waals surface area contributed by atoms with E-state index in [1.165, 1.54) is 29.3 Å². The molecule has 25 heavy (non-hydrogen) atoms. The van der Waals surface area contributed by atoms with E-state index in [1.807, 2.05) is 0 Å². The predicted octanol–water partition coefficient (Wildman–Crippen LogP) is 3.87. The van der Waals surface area contributed by atoms with Crippen molar-refractivity contribution >= 4 is 5.71 Å². The van der Waals surface area contributed by atoms with Crippen molar-refractivity contribution in [3.05, 3.63) is 53.2 Å². The molecule has 1 aromatic rings. The molecule has 0 aliphatic carbocycles. The van der Waals surface area contributed by atoms with Gasteiger partial charge in [-0.05, 0) is 44.2 Å². The van der Waals surface area contributed by atoms with Gasteiger partial charge < -0.3 is 4.74 Å². The normalized spacial score (nSPS) is 19.2. The Hall–Kier alpha value is -2.35. The Morgan fingerprint density at radius 2 is 2.00 bits per heavy atom. The summed E-state index contributed by atoms with van der Waals surface area (Å²) >= 11 is 0. The number of rotatable bonds is 3. The SMILES string of the molecule is COc1cc(C2=NC3=CCN(C(C)C(F)(F)F)N3C(C)=C2)ccc1F. The monoisotopic (exact) mass is 355 g/mol. The molecule has 4 nitrogen and oxygen atoms in total. The van der Waals surface area contributed by atoms with Gasteiger partial charge in [-0.25, -0.2) is 9.38 Å². The lowest BCUT2D eigenvalue weighted by molar-refractivity contribution is -0.201. The molecule has 1 atom stereocenters. The minimum absolute atomic E-state index is 0.0846. The van der Waals surface area contributed by atoms with Crippen LogP contribution in [0.1, 0.15) is 19.4 Å². The van der Waals surface area contributed by atoms with E-state index in [0.29, 0.717) is 22.8 Å².